The second-order valence-corrected chi connectivity index (χ2v) is 1.99. The van der Waals surface area contributed by atoms with Gasteiger partial charge in [-0.05, 0) is 13.8 Å². The van der Waals surface area contributed by atoms with Crippen LogP contribution >= 0.6 is 0 Å². The first-order chi connectivity index (χ1) is 4.20. The van der Waals surface area contributed by atoms with Gasteiger partial charge in [0.2, 0.25) is 0 Å². The van der Waals surface area contributed by atoms with Gasteiger partial charge in [-0.25, -0.2) is 4.39 Å². The number of halogens is 1. The van der Waals surface area contributed by atoms with E-state index in [0.717, 1.165) is 5.69 Å². The fraction of sp³-hybridized carbons (Fsp3) is 0.500. The van der Waals surface area contributed by atoms with Crippen molar-refractivity contribution >= 4 is 0 Å². The standard InChI is InChI=1S/C6H8FNO/c1-4-3-6(5(2)7)9-8-4/h3,5H,1-2H3. The smallest absolute Gasteiger partial charge is 0.170 e. The molecule has 1 aromatic rings. The van der Waals surface area contributed by atoms with Crippen molar-refractivity contribution in [2.24, 2.45) is 0 Å². The molecule has 0 aromatic carbocycles. The number of hydrogen-bond acceptors (Lipinski definition) is 2. The van der Waals surface area contributed by atoms with Crippen LogP contribution in [0.25, 0.3) is 0 Å². The fourth-order valence-electron chi connectivity index (χ4n) is 0.571. The molecule has 1 unspecified atom stereocenters. The Bertz CT molecular complexity index is 195. The monoisotopic (exact) mass is 129 g/mol. The highest BCUT2D eigenvalue weighted by molar-refractivity contribution is 5.04. The van der Waals surface area contributed by atoms with Gasteiger partial charge in [0, 0.05) is 6.07 Å². The Morgan fingerprint density at radius 1 is 1.78 bits per heavy atom. The highest BCUT2D eigenvalue weighted by Crippen LogP contribution is 2.15. The van der Waals surface area contributed by atoms with Gasteiger partial charge in [-0.3, -0.25) is 0 Å². The van der Waals surface area contributed by atoms with Crippen LogP contribution in [-0.2, 0) is 0 Å². The predicted molar refractivity (Wildman–Crippen MR) is 30.8 cm³/mol. The van der Waals surface area contributed by atoms with E-state index in [-0.39, 0.29) is 0 Å². The third-order valence-corrected chi connectivity index (χ3v) is 1.04. The molecule has 1 rings (SSSR count). The van der Waals surface area contributed by atoms with Crippen molar-refractivity contribution in [1.29, 1.82) is 0 Å². The normalized spacial score (nSPS) is 13.7. The minimum atomic E-state index is -1.05. The number of aryl methyl sites for hydroxylation is 1. The fourth-order valence-corrected chi connectivity index (χ4v) is 0.571. The zero-order chi connectivity index (χ0) is 6.85. The zero-order valence-electron chi connectivity index (χ0n) is 5.39. The summed E-state index contributed by atoms with van der Waals surface area (Å²) in [6.07, 6.45) is -1.05. The van der Waals surface area contributed by atoms with E-state index in [4.69, 9.17) is 0 Å². The number of hydrogen-bond donors (Lipinski definition) is 0. The average Bonchev–Trinajstić information content (AvgIpc) is 2.14. The lowest BCUT2D eigenvalue weighted by Crippen LogP contribution is -1.77. The van der Waals surface area contributed by atoms with E-state index in [0.29, 0.717) is 5.76 Å². The number of alkyl halides is 1. The molecule has 0 spiro atoms. The molecule has 0 aliphatic carbocycles. The maximum absolute atomic E-state index is 12.3. The van der Waals surface area contributed by atoms with Crippen molar-refractivity contribution in [1.82, 2.24) is 5.16 Å². The average molecular weight is 129 g/mol. The summed E-state index contributed by atoms with van der Waals surface area (Å²) in [4.78, 5) is 0. The van der Waals surface area contributed by atoms with Crippen molar-refractivity contribution in [2.45, 2.75) is 20.0 Å². The van der Waals surface area contributed by atoms with Gasteiger partial charge in [0.15, 0.2) is 11.9 Å². The summed E-state index contributed by atoms with van der Waals surface area (Å²) in [5.41, 5.74) is 0.717. The van der Waals surface area contributed by atoms with Crippen LogP contribution in [0, 0.1) is 6.92 Å². The summed E-state index contributed by atoms with van der Waals surface area (Å²) in [6.45, 7) is 3.18. The lowest BCUT2D eigenvalue weighted by atomic mass is 10.3. The van der Waals surface area contributed by atoms with E-state index < -0.39 is 6.17 Å². The molecule has 0 fully saturated rings. The van der Waals surface area contributed by atoms with Crippen molar-refractivity contribution in [3.8, 4) is 0 Å². The minimum Gasteiger partial charge on any atom is -0.358 e. The van der Waals surface area contributed by atoms with Gasteiger partial charge in [0.25, 0.3) is 0 Å². The number of aromatic nitrogens is 1. The van der Waals surface area contributed by atoms with Crippen LogP contribution in [0.2, 0.25) is 0 Å². The molecule has 0 aliphatic heterocycles. The summed E-state index contributed by atoms with van der Waals surface area (Å²) in [5.74, 6) is 0.299. The van der Waals surface area contributed by atoms with Gasteiger partial charge in [-0.2, -0.15) is 0 Å². The molecule has 1 heterocycles. The Hall–Kier alpha value is -0.860. The summed E-state index contributed by atoms with van der Waals surface area (Å²) < 4.78 is 16.9. The third kappa shape index (κ3) is 1.28. The summed E-state index contributed by atoms with van der Waals surface area (Å²) in [6, 6.07) is 1.59. The highest BCUT2D eigenvalue weighted by Gasteiger charge is 2.07. The Kier molecular flexibility index (Phi) is 1.51. The van der Waals surface area contributed by atoms with Crippen molar-refractivity contribution in [2.75, 3.05) is 0 Å². The van der Waals surface area contributed by atoms with Gasteiger partial charge in [-0.15, -0.1) is 0 Å². The molecule has 0 amide bonds. The zero-order valence-corrected chi connectivity index (χ0v) is 5.39. The molecule has 0 saturated heterocycles. The van der Waals surface area contributed by atoms with Crippen molar-refractivity contribution in [3.63, 3.8) is 0 Å². The quantitative estimate of drug-likeness (QED) is 0.579. The first kappa shape index (κ1) is 6.26. The van der Waals surface area contributed by atoms with Crippen LogP contribution in [0.4, 0.5) is 4.39 Å². The van der Waals surface area contributed by atoms with Crippen molar-refractivity contribution < 1.29 is 8.91 Å². The lowest BCUT2D eigenvalue weighted by Gasteiger charge is -1.88. The highest BCUT2D eigenvalue weighted by atomic mass is 19.1. The van der Waals surface area contributed by atoms with E-state index in [1.807, 2.05) is 0 Å². The van der Waals surface area contributed by atoms with Gasteiger partial charge in [-0.1, -0.05) is 5.16 Å². The molecule has 50 valence electrons. The van der Waals surface area contributed by atoms with E-state index >= 15 is 0 Å². The topological polar surface area (TPSA) is 26.0 Å². The Morgan fingerprint density at radius 2 is 2.44 bits per heavy atom. The molecular weight excluding hydrogens is 121 g/mol. The Balaban J connectivity index is 2.85. The van der Waals surface area contributed by atoms with E-state index in [9.17, 15) is 4.39 Å². The van der Waals surface area contributed by atoms with Gasteiger partial charge in [0.05, 0.1) is 5.69 Å². The minimum absolute atomic E-state index is 0.299. The number of rotatable bonds is 1. The molecule has 2 nitrogen and oxygen atoms in total. The Morgan fingerprint density at radius 3 is 2.67 bits per heavy atom. The van der Waals surface area contributed by atoms with Gasteiger partial charge in [0.1, 0.15) is 0 Å². The van der Waals surface area contributed by atoms with Crippen LogP contribution in [0.15, 0.2) is 10.6 Å². The first-order valence-electron chi connectivity index (χ1n) is 2.77. The third-order valence-electron chi connectivity index (χ3n) is 1.04. The van der Waals surface area contributed by atoms with Crippen LogP contribution in [0.3, 0.4) is 0 Å². The second-order valence-electron chi connectivity index (χ2n) is 1.99. The lowest BCUT2D eigenvalue weighted by molar-refractivity contribution is 0.272. The van der Waals surface area contributed by atoms with E-state index in [1.165, 1.54) is 6.92 Å². The molecule has 9 heavy (non-hydrogen) atoms. The summed E-state index contributed by atoms with van der Waals surface area (Å²) >= 11 is 0. The molecule has 0 N–H and O–H groups in total. The maximum Gasteiger partial charge on any atom is 0.170 e. The molecule has 0 bridgehead atoms. The van der Waals surface area contributed by atoms with E-state index in [2.05, 4.69) is 9.68 Å². The molecule has 3 heteroatoms. The summed E-state index contributed by atoms with van der Waals surface area (Å²) in [5, 5.41) is 3.52. The molecule has 0 aliphatic rings. The van der Waals surface area contributed by atoms with Crippen LogP contribution in [0.5, 0.6) is 0 Å². The number of nitrogens with zero attached hydrogens (tertiary/aromatic N) is 1. The molecular formula is C6H8FNO. The van der Waals surface area contributed by atoms with Crippen molar-refractivity contribution in [3.05, 3.63) is 17.5 Å². The maximum atomic E-state index is 12.3. The second kappa shape index (κ2) is 2.17. The molecule has 0 saturated carbocycles. The predicted octanol–water partition coefficient (Wildman–Crippen LogP) is 2.01. The molecule has 1 atom stereocenters. The van der Waals surface area contributed by atoms with Crippen LogP contribution in [0.1, 0.15) is 24.5 Å². The molecule has 0 radical (unpaired) electrons. The first-order valence-corrected chi connectivity index (χ1v) is 2.77. The largest absolute Gasteiger partial charge is 0.358 e. The summed E-state index contributed by atoms with van der Waals surface area (Å²) in [7, 11) is 0. The van der Waals surface area contributed by atoms with E-state index in [1.54, 1.807) is 13.0 Å². The van der Waals surface area contributed by atoms with Crippen LogP contribution < -0.4 is 0 Å². The van der Waals surface area contributed by atoms with Gasteiger partial charge >= 0.3 is 0 Å². The SMILES string of the molecule is Cc1cc(C(C)F)on1. The van der Waals surface area contributed by atoms with Gasteiger partial charge < -0.3 is 4.52 Å². The Labute approximate surface area is 52.7 Å². The van der Waals surface area contributed by atoms with Crippen LogP contribution in [-0.4, -0.2) is 5.16 Å². The molecule has 1 aromatic heterocycles.